The molecule has 1 rings (SSSR count). The van der Waals surface area contributed by atoms with E-state index < -0.39 is 12.0 Å². The van der Waals surface area contributed by atoms with Crippen LogP contribution in [0.25, 0.3) is 0 Å². The van der Waals surface area contributed by atoms with Crippen LogP contribution in [0.3, 0.4) is 0 Å². The van der Waals surface area contributed by atoms with Gasteiger partial charge in [0, 0.05) is 18.5 Å². The average molecular weight is 282 g/mol. The molecule has 1 aromatic carbocycles. The normalized spacial score (nSPS) is 9.79. The summed E-state index contributed by atoms with van der Waals surface area (Å²) in [6.07, 6.45) is 2.10. The first-order valence-electron chi connectivity index (χ1n) is 5.35. The van der Waals surface area contributed by atoms with Crippen LogP contribution in [-0.4, -0.2) is 41.7 Å². The molecule has 0 fully saturated rings. The number of nitrogens with zero attached hydrogens (tertiary/aromatic N) is 1. The van der Waals surface area contributed by atoms with E-state index in [4.69, 9.17) is 5.11 Å². The number of nitrogens with one attached hydrogen (secondary N) is 1. The third-order valence-electron chi connectivity index (χ3n) is 2.44. The van der Waals surface area contributed by atoms with E-state index in [0.29, 0.717) is 16.9 Å². The molecule has 1 aromatic rings. The van der Waals surface area contributed by atoms with Crippen molar-refractivity contribution in [1.82, 2.24) is 10.2 Å². The molecule has 0 atom stereocenters. The summed E-state index contributed by atoms with van der Waals surface area (Å²) in [6.45, 7) is 0.217. The lowest BCUT2D eigenvalue weighted by molar-refractivity contribution is -0.108. The number of benzene rings is 1. The number of carbonyl (C=O) groups excluding carboxylic acids is 2. The molecule has 0 unspecified atom stereocenters. The van der Waals surface area contributed by atoms with Crippen LogP contribution < -0.4 is 5.32 Å². The van der Waals surface area contributed by atoms with E-state index in [1.807, 2.05) is 5.32 Å². The number of aromatic carboxylic acids is 1. The molecule has 0 aliphatic rings. The van der Waals surface area contributed by atoms with Crippen molar-refractivity contribution in [2.45, 2.75) is 11.4 Å². The van der Waals surface area contributed by atoms with Crippen molar-refractivity contribution >= 4 is 30.2 Å². The molecule has 0 aromatic heterocycles. The Labute approximate surface area is 114 Å². The fourth-order valence-electron chi connectivity index (χ4n) is 1.53. The monoisotopic (exact) mass is 282 g/mol. The summed E-state index contributed by atoms with van der Waals surface area (Å²) >= 11 is 1.35. The van der Waals surface area contributed by atoms with E-state index in [1.54, 1.807) is 18.4 Å². The van der Waals surface area contributed by atoms with Gasteiger partial charge in [0.05, 0.1) is 5.56 Å². The molecule has 0 spiro atoms. The summed E-state index contributed by atoms with van der Waals surface area (Å²) in [7, 11) is 1.52. The Morgan fingerprint density at radius 1 is 1.47 bits per heavy atom. The quantitative estimate of drug-likeness (QED) is 0.630. The fourth-order valence-corrected chi connectivity index (χ4v) is 2.10. The van der Waals surface area contributed by atoms with E-state index in [-0.39, 0.29) is 12.1 Å². The number of carboxylic acids is 1. The topological polar surface area (TPSA) is 86.7 Å². The van der Waals surface area contributed by atoms with Gasteiger partial charge in [0.25, 0.3) is 0 Å². The zero-order chi connectivity index (χ0) is 14.4. The van der Waals surface area contributed by atoms with Gasteiger partial charge in [-0.25, -0.2) is 9.59 Å². The molecule has 0 bridgehead atoms. The molecule has 7 heteroatoms. The van der Waals surface area contributed by atoms with Crippen LogP contribution in [0.4, 0.5) is 4.79 Å². The maximum Gasteiger partial charge on any atom is 0.336 e. The number of carboxylic acid groups (broad SMARTS) is 1. The van der Waals surface area contributed by atoms with Crippen LogP contribution in [0, 0.1) is 0 Å². The molecule has 0 aliphatic carbocycles. The van der Waals surface area contributed by atoms with Crippen LogP contribution in [-0.2, 0) is 11.3 Å². The zero-order valence-corrected chi connectivity index (χ0v) is 11.4. The van der Waals surface area contributed by atoms with Gasteiger partial charge in [-0.3, -0.25) is 10.1 Å². The van der Waals surface area contributed by atoms with Gasteiger partial charge in [-0.05, 0) is 24.0 Å². The first kappa shape index (κ1) is 15.0. The Morgan fingerprint density at radius 3 is 2.68 bits per heavy atom. The predicted octanol–water partition coefficient (Wildman–Crippen LogP) is 1.40. The highest BCUT2D eigenvalue weighted by Crippen LogP contribution is 2.22. The zero-order valence-electron chi connectivity index (χ0n) is 10.5. The van der Waals surface area contributed by atoms with Gasteiger partial charge in [-0.2, -0.15) is 0 Å². The van der Waals surface area contributed by atoms with Gasteiger partial charge in [-0.1, -0.05) is 6.07 Å². The van der Waals surface area contributed by atoms with Crippen molar-refractivity contribution in [2.24, 2.45) is 0 Å². The standard InChI is InChI=1S/C12H14N2O4S/c1-14(12(18)13-7-15)6-8-3-4-10(19-2)9(5-8)11(16)17/h3-5,7H,6H2,1-2H3,(H,16,17)(H,13,15,18). The molecule has 0 saturated heterocycles. The molecular formula is C12H14N2O4S. The molecule has 2 N–H and O–H groups in total. The lowest BCUT2D eigenvalue weighted by atomic mass is 10.1. The number of hydrogen-bond acceptors (Lipinski definition) is 4. The maximum absolute atomic E-state index is 11.4. The fraction of sp³-hybridized carbons (Fsp3) is 0.250. The van der Waals surface area contributed by atoms with Gasteiger partial charge in [0.2, 0.25) is 6.41 Å². The summed E-state index contributed by atoms with van der Waals surface area (Å²) in [5, 5.41) is 11.1. The summed E-state index contributed by atoms with van der Waals surface area (Å²) in [4.78, 5) is 34.6. The second kappa shape index (κ2) is 6.79. The Hall–Kier alpha value is -2.02. The highest BCUT2D eigenvalue weighted by molar-refractivity contribution is 7.98. The Kier molecular flexibility index (Phi) is 5.37. The van der Waals surface area contributed by atoms with E-state index >= 15 is 0 Å². The van der Waals surface area contributed by atoms with E-state index in [2.05, 4.69) is 0 Å². The van der Waals surface area contributed by atoms with Gasteiger partial charge >= 0.3 is 12.0 Å². The minimum atomic E-state index is -1.01. The molecule has 0 aliphatic heterocycles. The number of amides is 3. The van der Waals surface area contributed by atoms with Crippen molar-refractivity contribution < 1.29 is 19.5 Å². The van der Waals surface area contributed by atoms with Crippen molar-refractivity contribution in [3.8, 4) is 0 Å². The average Bonchev–Trinajstić information content (AvgIpc) is 2.38. The second-order valence-corrected chi connectivity index (χ2v) is 4.61. The number of imide groups is 1. The Balaban J connectivity index is 2.91. The summed E-state index contributed by atoms with van der Waals surface area (Å²) in [5.74, 6) is -1.01. The molecule has 0 heterocycles. The number of carbonyl (C=O) groups is 3. The molecule has 102 valence electrons. The first-order valence-corrected chi connectivity index (χ1v) is 6.57. The lowest BCUT2D eigenvalue weighted by Gasteiger charge is -2.16. The number of thioether (sulfide) groups is 1. The van der Waals surface area contributed by atoms with E-state index in [9.17, 15) is 14.4 Å². The number of rotatable bonds is 5. The van der Waals surface area contributed by atoms with Gasteiger partial charge in [0.1, 0.15) is 0 Å². The minimum absolute atomic E-state index is 0.203. The van der Waals surface area contributed by atoms with Gasteiger partial charge in [-0.15, -0.1) is 11.8 Å². The lowest BCUT2D eigenvalue weighted by Crippen LogP contribution is -2.35. The van der Waals surface area contributed by atoms with Crippen LogP contribution in [0.15, 0.2) is 23.1 Å². The molecule has 0 saturated carbocycles. The van der Waals surface area contributed by atoms with E-state index in [1.165, 1.54) is 29.8 Å². The van der Waals surface area contributed by atoms with Gasteiger partial charge in [0.15, 0.2) is 0 Å². The van der Waals surface area contributed by atoms with E-state index in [0.717, 1.165) is 0 Å². The van der Waals surface area contributed by atoms with Crippen LogP contribution in [0.5, 0.6) is 0 Å². The van der Waals surface area contributed by atoms with Crippen LogP contribution in [0.1, 0.15) is 15.9 Å². The Morgan fingerprint density at radius 2 is 2.16 bits per heavy atom. The first-order chi connectivity index (χ1) is 8.99. The maximum atomic E-state index is 11.4. The van der Waals surface area contributed by atoms with Crippen molar-refractivity contribution in [3.05, 3.63) is 29.3 Å². The minimum Gasteiger partial charge on any atom is -0.478 e. The smallest absolute Gasteiger partial charge is 0.336 e. The Bertz CT molecular complexity index is 505. The largest absolute Gasteiger partial charge is 0.478 e. The molecule has 19 heavy (non-hydrogen) atoms. The predicted molar refractivity (Wildman–Crippen MR) is 71.2 cm³/mol. The van der Waals surface area contributed by atoms with Gasteiger partial charge < -0.3 is 10.0 Å². The summed E-state index contributed by atoms with van der Waals surface area (Å²) in [5.41, 5.74) is 0.882. The summed E-state index contributed by atoms with van der Waals surface area (Å²) < 4.78 is 0. The van der Waals surface area contributed by atoms with Crippen LogP contribution >= 0.6 is 11.8 Å². The highest BCUT2D eigenvalue weighted by Gasteiger charge is 2.13. The number of hydrogen-bond donors (Lipinski definition) is 2. The number of urea groups is 1. The summed E-state index contributed by atoms with van der Waals surface area (Å²) in [6, 6.07) is 4.44. The SMILES string of the molecule is CSc1ccc(CN(C)C(=O)NC=O)cc1C(=O)O. The third kappa shape index (κ3) is 3.99. The second-order valence-electron chi connectivity index (χ2n) is 3.76. The molecule has 3 amide bonds. The molecule has 6 nitrogen and oxygen atoms in total. The van der Waals surface area contributed by atoms with Crippen molar-refractivity contribution in [1.29, 1.82) is 0 Å². The van der Waals surface area contributed by atoms with Crippen LogP contribution in [0.2, 0.25) is 0 Å². The molecule has 0 radical (unpaired) electrons. The highest BCUT2D eigenvalue weighted by atomic mass is 32.2. The van der Waals surface area contributed by atoms with Crippen molar-refractivity contribution in [3.63, 3.8) is 0 Å². The van der Waals surface area contributed by atoms with Crippen molar-refractivity contribution in [2.75, 3.05) is 13.3 Å². The molecular weight excluding hydrogens is 268 g/mol. The third-order valence-corrected chi connectivity index (χ3v) is 3.24.